The highest BCUT2D eigenvalue weighted by Crippen LogP contribution is 2.37. The van der Waals surface area contributed by atoms with E-state index in [4.69, 9.17) is 10.3 Å². The molecule has 0 aliphatic carbocycles. The zero-order chi connectivity index (χ0) is 10.1. The summed E-state index contributed by atoms with van der Waals surface area (Å²) in [6.45, 7) is 0. The SMILES string of the molecule is Nc1cnoc1-c1cccc(Br)c1O. The Bertz CT molecular complexity index is 468. The average molecular weight is 255 g/mol. The van der Waals surface area contributed by atoms with Crippen LogP contribution in [0.3, 0.4) is 0 Å². The molecule has 0 aliphatic heterocycles. The maximum Gasteiger partial charge on any atom is 0.193 e. The lowest BCUT2D eigenvalue weighted by molar-refractivity contribution is 0.426. The van der Waals surface area contributed by atoms with Crippen molar-refractivity contribution in [2.24, 2.45) is 0 Å². The fraction of sp³-hybridized carbons (Fsp3) is 0. The first-order chi connectivity index (χ1) is 6.70. The summed E-state index contributed by atoms with van der Waals surface area (Å²) in [6.07, 6.45) is 1.40. The molecule has 2 rings (SSSR count). The monoisotopic (exact) mass is 254 g/mol. The molecule has 4 nitrogen and oxygen atoms in total. The number of nitrogens with two attached hydrogens (primary N) is 1. The number of rotatable bonds is 1. The second-order valence-corrected chi connectivity index (χ2v) is 3.60. The van der Waals surface area contributed by atoms with Crippen molar-refractivity contribution in [3.05, 3.63) is 28.9 Å². The molecule has 0 saturated heterocycles. The van der Waals surface area contributed by atoms with Gasteiger partial charge in [-0.15, -0.1) is 0 Å². The molecular formula is C9H7BrN2O2. The van der Waals surface area contributed by atoms with Gasteiger partial charge < -0.3 is 15.4 Å². The van der Waals surface area contributed by atoms with Crippen molar-refractivity contribution < 1.29 is 9.63 Å². The van der Waals surface area contributed by atoms with Crippen LogP contribution < -0.4 is 5.73 Å². The number of aromatic nitrogens is 1. The number of hydrogen-bond acceptors (Lipinski definition) is 4. The lowest BCUT2D eigenvalue weighted by Gasteiger charge is -2.02. The fourth-order valence-electron chi connectivity index (χ4n) is 1.15. The average Bonchev–Trinajstić information content (AvgIpc) is 2.57. The smallest absolute Gasteiger partial charge is 0.193 e. The third kappa shape index (κ3) is 1.35. The number of halogens is 1. The summed E-state index contributed by atoms with van der Waals surface area (Å²) < 4.78 is 5.52. The van der Waals surface area contributed by atoms with Crippen molar-refractivity contribution in [3.8, 4) is 17.1 Å². The number of nitrogen functional groups attached to an aromatic ring is 1. The molecule has 0 atom stereocenters. The van der Waals surface area contributed by atoms with Gasteiger partial charge in [0.1, 0.15) is 11.4 Å². The number of phenols is 1. The maximum absolute atomic E-state index is 9.70. The van der Waals surface area contributed by atoms with Crippen LogP contribution in [0.15, 0.2) is 33.4 Å². The Labute approximate surface area is 88.5 Å². The van der Waals surface area contributed by atoms with Crippen LogP contribution in [-0.4, -0.2) is 10.3 Å². The van der Waals surface area contributed by atoms with Gasteiger partial charge in [0, 0.05) is 0 Å². The quantitative estimate of drug-likeness (QED) is 0.820. The highest BCUT2D eigenvalue weighted by Gasteiger charge is 2.13. The molecule has 1 heterocycles. The van der Waals surface area contributed by atoms with Crippen LogP contribution in [0.1, 0.15) is 0 Å². The minimum atomic E-state index is 0.0935. The highest BCUT2D eigenvalue weighted by molar-refractivity contribution is 9.10. The molecule has 5 heteroatoms. The molecule has 1 aromatic carbocycles. The molecule has 0 saturated carbocycles. The molecule has 0 radical (unpaired) electrons. The largest absolute Gasteiger partial charge is 0.506 e. The van der Waals surface area contributed by atoms with Gasteiger partial charge in [0.25, 0.3) is 0 Å². The molecule has 2 aromatic rings. The van der Waals surface area contributed by atoms with Crippen molar-refractivity contribution in [3.63, 3.8) is 0 Å². The van der Waals surface area contributed by atoms with Crippen molar-refractivity contribution in [2.45, 2.75) is 0 Å². The molecule has 72 valence electrons. The van der Waals surface area contributed by atoms with Crippen LogP contribution in [0.4, 0.5) is 5.69 Å². The van der Waals surface area contributed by atoms with Gasteiger partial charge in [0.2, 0.25) is 0 Å². The van der Waals surface area contributed by atoms with E-state index in [-0.39, 0.29) is 5.75 Å². The first-order valence-corrected chi connectivity index (χ1v) is 4.67. The van der Waals surface area contributed by atoms with Crippen LogP contribution >= 0.6 is 15.9 Å². The minimum Gasteiger partial charge on any atom is -0.506 e. The van der Waals surface area contributed by atoms with E-state index in [0.29, 0.717) is 21.5 Å². The molecule has 14 heavy (non-hydrogen) atoms. The Hall–Kier alpha value is -1.49. The molecule has 0 spiro atoms. The summed E-state index contributed by atoms with van der Waals surface area (Å²) >= 11 is 3.20. The lowest BCUT2D eigenvalue weighted by Crippen LogP contribution is -1.85. The fourth-order valence-corrected chi connectivity index (χ4v) is 1.52. The second-order valence-electron chi connectivity index (χ2n) is 2.75. The van der Waals surface area contributed by atoms with Crippen LogP contribution in [0.5, 0.6) is 5.75 Å². The van der Waals surface area contributed by atoms with Crippen LogP contribution in [0.2, 0.25) is 0 Å². The molecule has 3 N–H and O–H groups in total. The molecule has 1 aromatic heterocycles. The summed E-state index contributed by atoms with van der Waals surface area (Å²) in [5.41, 5.74) is 6.53. The van der Waals surface area contributed by atoms with Crippen molar-refractivity contribution >= 4 is 21.6 Å². The summed E-state index contributed by atoms with van der Waals surface area (Å²) in [5, 5.41) is 13.2. The van der Waals surface area contributed by atoms with Crippen LogP contribution in [-0.2, 0) is 0 Å². The molecule has 0 unspecified atom stereocenters. The highest BCUT2D eigenvalue weighted by atomic mass is 79.9. The van der Waals surface area contributed by atoms with Gasteiger partial charge in [-0.05, 0) is 28.1 Å². The predicted octanol–water partition coefficient (Wildman–Crippen LogP) is 2.39. The first-order valence-electron chi connectivity index (χ1n) is 3.88. The normalized spacial score (nSPS) is 10.4. The van der Waals surface area contributed by atoms with Crippen molar-refractivity contribution in [2.75, 3.05) is 5.73 Å². The number of anilines is 1. The zero-order valence-corrected chi connectivity index (χ0v) is 8.65. The number of phenolic OH excluding ortho intramolecular Hbond substituents is 1. The van der Waals surface area contributed by atoms with E-state index in [0.717, 1.165) is 0 Å². The van der Waals surface area contributed by atoms with E-state index in [1.807, 2.05) is 0 Å². The Kier molecular flexibility index (Phi) is 2.17. The molecule has 0 fully saturated rings. The lowest BCUT2D eigenvalue weighted by atomic mass is 10.1. The summed E-state index contributed by atoms with van der Waals surface area (Å²) in [5.74, 6) is 0.472. The Morgan fingerprint density at radius 2 is 2.21 bits per heavy atom. The summed E-state index contributed by atoms with van der Waals surface area (Å²) in [4.78, 5) is 0. The van der Waals surface area contributed by atoms with E-state index in [2.05, 4.69) is 21.1 Å². The Morgan fingerprint density at radius 1 is 1.43 bits per heavy atom. The van der Waals surface area contributed by atoms with Gasteiger partial charge in [-0.3, -0.25) is 0 Å². The van der Waals surface area contributed by atoms with Gasteiger partial charge in [-0.25, -0.2) is 0 Å². The number of aromatic hydroxyl groups is 1. The van der Waals surface area contributed by atoms with E-state index in [9.17, 15) is 5.11 Å². The second kappa shape index (κ2) is 3.34. The summed E-state index contributed by atoms with van der Waals surface area (Å²) in [7, 11) is 0. The zero-order valence-electron chi connectivity index (χ0n) is 7.07. The third-order valence-electron chi connectivity index (χ3n) is 1.83. The van der Waals surface area contributed by atoms with Gasteiger partial charge in [-0.2, -0.15) is 0 Å². The Morgan fingerprint density at radius 3 is 2.86 bits per heavy atom. The third-order valence-corrected chi connectivity index (χ3v) is 2.47. The topological polar surface area (TPSA) is 72.3 Å². The Balaban J connectivity index is 2.63. The summed E-state index contributed by atoms with van der Waals surface area (Å²) in [6, 6.07) is 5.21. The van der Waals surface area contributed by atoms with Gasteiger partial charge in [0.05, 0.1) is 16.2 Å². The van der Waals surface area contributed by atoms with E-state index < -0.39 is 0 Å². The molecule has 0 amide bonds. The minimum absolute atomic E-state index is 0.0935. The van der Waals surface area contributed by atoms with Crippen molar-refractivity contribution in [1.82, 2.24) is 5.16 Å². The molecule has 0 aliphatic rings. The maximum atomic E-state index is 9.70. The number of benzene rings is 1. The van der Waals surface area contributed by atoms with E-state index >= 15 is 0 Å². The van der Waals surface area contributed by atoms with E-state index in [1.54, 1.807) is 18.2 Å². The van der Waals surface area contributed by atoms with Crippen molar-refractivity contribution in [1.29, 1.82) is 0 Å². The van der Waals surface area contributed by atoms with Gasteiger partial charge in [0.15, 0.2) is 5.76 Å². The number of hydrogen-bond donors (Lipinski definition) is 2. The molecular weight excluding hydrogens is 248 g/mol. The number of nitrogens with zero attached hydrogens (tertiary/aromatic N) is 1. The van der Waals surface area contributed by atoms with Crippen LogP contribution in [0.25, 0.3) is 11.3 Å². The standard InChI is InChI=1S/C9H7BrN2O2/c10-6-3-1-2-5(8(6)13)9-7(11)4-12-14-9/h1-4,13H,11H2. The predicted molar refractivity (Wildman–Crippen MR) is 55.7 cm³/mol. The number of para-hydroxylation sites is 1. The van der Waals surface area contributed by atoms with E-state index in [1.165, 1.54) is 6.20 Å². The van der Waals surface area contributed by atoms with Crippen LogP contribution in [0, 0.1) is 0 Å². The van der Waals surface area contributed by atoms with Gasteiger partial charge in [-0.1, -0.05) is 11.2 Å². The van der Waals surface area contributed by atoms with Gasteiger partial charge >= 0.3 is 0 Å². The first kappa shape index (κ1) is 9.08. The molecule has 0 bridgehead atoms.